The summed E-state index contributed by atoms with van der Waals surface area (Å²) in [6, 6.07) is 6.95. The Kier molecular flexibility index (Phi) is 2.44. The van der Waals surface area contributed by atoms with Gasteiger partial charge in [-0.1, -0.05) is 18.2 Å². The molecule has 0 saturated carbocycles. The minimum absolute atomic E-state index is 0.360. The fraction of sp³-hybridized carbons (Fsp3) is 0.182. The molecule has 0 N–H and O–H groups in total. The highest BCUT2D eigenvalue weighted by Gasteiger charge is 2.26. The first-order chi connectivity index (χ1) is 7.12. The van der Waals surface area contributed by atoms with Gasteiger partial charge >= 0.3 is 0 Å². The smallest absolute Gasteiger partial charge is 0.205 e. The van der Waals surface area contributed by atoms with Crippen LogP contribution in [-0.2, 0) is 9.84 Å². The lowest BCUT2D eigenvalue weighted by Crippen LogP contribution is -2.16. The van der Waals surface area contributed by atoms with Gasteiger partial charge in [0, 0.05) is 6.21 Å². The van der Waals surface area contributed by atoms with Gasteiger partial charge in [-0.2, -0.15) is 0 Å². The van der Waals surface area contributed by atoms with Gasteiger partial charge in [0.05, 0.1) is 4.90 Å². The highest BCUT2D eigenvalue weighted by atomic mass is 32.2. The number of benzene rings is 1. The van der Waals surface area contributed by atoms with E-state index in [-0.39, 0.29) is 0 Å². The third-order valence-electron chi connectivity index (χ3n) is 2.31. The van der Waals surface area contributed by atoms with E-state index in [0.717, 1.165) is 5.56 Å². The molecule has 1 aromatic rings. The van der Waals surface area contributed by atoms with Crippen molar-refractivity contribution < 1.29 is 8.42 Å². The Morgan fingerprint density at radius 1 is 1.27 bits per heavy atom. The van der Waals surface area contributed by atoms with Crippen LogP contribution in [0.3, 0.4) is 0 Å². The van der Waals surface area contributed by atoms with E-state index in [1.54, 1.807) is 37.3 Å². The summed E-state index contributed by atoms with van der Waals surface area (Å²) in [5, 5.41) is -0.751. The van der Waals surface area contributed by atoms with Crippen LogP contribution in [0.15, 0.2) is 46.3 Å². The molecule has 1 aliphatic heterocycles. The Labute approximate surface area is 89.1 Å². The molecule has 1 unspecified atom stereocenters. The van der Waals surface area contributed by atoms with Crippen LogP contribution in [0.25, 0.3) is 0 Å². The first-order valence-electron chi connectivity index (χ1n) is 4.62. The van der Waals surface area contributed by atoms with E-state index in [1.807, 2.05) is 6.07 Å². The molecule has 0 saturated heterocycles. The van der Waals surface area contributed by atoms with E-state index in [2.05, 4.69) is 4.99 Å². The van der Waals surface area contributed by atoms with Crippen molar-refractivity contribution in [2.75, 3.05) is 0 Å². The van der Waals surface area contributed by atoms with E-state index in [9.17, 15) is 8.42 Å². The second kappa shape index (κ2) is 3.62. The topological polar surface area (TPSA) is 46.5 Å². The lowest BCUT2D eigenvalue weighted by molar-refractivity contribution is 0.589. The molecule has 0 fully saturated rings. The Balaban J connectivity index is 2.51. The number of aryl methyl sites for hydroxylation is 1. The summed E-state index contributed by atoms with van der Waals surface area (Å²) in [5.41, 5.74) is 0.757. The first kappa shape index (κ1) is 10.1. The quantitative estimate of drug-likeness (QED) is 0.763. The van der Waals surface area contributed by atoms with Crippen LogP contribution in [0.5, 0.6) is 0 Å². The SMILES string of the molecule is Cc1ccccc1S(=O)(=O)C1C=CC=N1. The number of allylic oxidation sites excluding steroid dienone is 1. The van der Waals surface area contributed by atoms with Gasteiger partial charge in [0.2, 0.25) is 9.84 Å². The molecular weight excluding hydrogens is 210 g/mol. The molecule has 0 aromatic heterocycles. The Morgan fingerprint density at radius 2 is 2.00 bits per heavy atom. The van der Waals surface area contributed by atoms with Crippen LogP contribution in [-0.4, -0.2) is 20.0 Å². The molecule has 0 bridgehead atoms. The van der Waals surface area contributed by atoms with Gasteiger partial charge in [0.25, 0.3) is 0 Å². The Bertz CT molecular complexity index is 517. The van der Waals surface area contributed by atoms with Gasteiger partial charge in [-0.25, -0.2) is 8.42 Å². The van der Waals surface area contributed by atoms with Gasteiger partial charge in [-0.3, -0.25) is 4.99 Å². The highest BCUT2D eigenvalue weighted by molar-refractivity contribution is 7.92. The van der Waals surface area contributed by atoms with Gasteiger partial charge < -0.3 is 0 Å². The number of nitrogens with zero attached hydrogens (tertiary/aromatic N) is 1. The molecule has 0 aliphatic carbocycles. The third kappa shape index (κ3) is 1.72. The van der Waals surface area contributed by atoms with E-state index in [0.29, 0.717) is 4.90 Å². The normalized spacial score (nSPS) is 19.7. The molecule has 2 rings (SSSR count). The van der Waals surface area contributed by atoms with Crippen molar-refractivity contribution in [2.24, 2.45) is 4.99 Å². The van der Waals surface area contributed by atoms with E-state index >= 15 is 0 Å². The zero-order chi connectivity index (χ0) is 10.9. The Hall–Kier alpha value is -1.42. The minimum atomic E-state index is -3.35. The maximum atomic E-state index is 12.1. The molecule has 1 aliphatic rings. The summed E-state index contributed by atoms with van der Waals surface area (Å²) in [5.74, 6) is 0. The molecule has 3 nitrogen and oxygen atoms in total. The number of aliphatic imine (C=N–C) groups is 1. The highest BCUT2D eigenvalue weighted by Crippen LogP contribution is 2.22. The van der Waals surface area contributed by atoms with Gasteiger partial charge in [0.1, 0.15) is 0 Å². The molecule has 78 valence electrons. The lowest BCUT2D eigenvalue weighted by atomic mass is 10.2. The van der Waals surface area contributed by atoms with Crippen LogP contribution in [0, 0.1) is 6.92 Å². The molecule has 0 radical (unpaired) electrons. The maximum absolute atomic E-state index is 12.1. The van der Waals surface area contributed by atoms with Crippen molar-refractivity contribution in [2.45, 2.75) is 17.2 Å². The number of hydrogen-bond donors (Lipinski definition) is 0. The molecular formula is C11H11NO2S. The summed E-state index contributed by atoms with van der Waals surface area (Å²) in [6.07, 6.45) is 4.75. The van der Waals surface area contributed by atoms with Gasteiger partial charge in [0.15, 0.2) is 5.37 Å². The average molecular weight is 221 g/mol. The zero-order valence-electron chi connectivity index (χ0n) is 8.29. The van der Waals surface area contributed by atoms with E-state index in [4.69, 9.17) is 0 Å². The fourth-order valence-electron chi connectivity index (χ4n) is 1.52. The summed E-state index contributed by atoms with van der Waals surface area (Å²) in [7, 11) is -3.35. The van der Waals surface area contributed by atoms with E-state index < -0.39 is 15.2 Å². The molecule has 4 heteroatoms. The van der Waals surface area contributed by atoms with Crippen LogP contribution in [0.2, 0.25) is 0 Å². The second-order valence-corrected chi connectivity index (χ2v) is 5.40. The fourth-order valence-corrected chi connectivity index (χ4v) is 3.09. The molecule has 1 heterocycles. The van der Waals surface area contributed by atoms with Crippen LogP contribution < -0.4 is 0 Å². The van der Waals surface area contributed by atoms with Crippen molar-refractivity contribution in [3.63, 3.8) is 0 Å². The predicted octanol–water partition coefficient (Wildman–Crippen LogP) is 1.74. The predicted molar refractivity (Wildman–Crippen MR) is 59.8 cm³/mol. The van der Waals surface area contributed by atoms with Crippen LogP contribution in [0.1, 0.15) is 5.56 Å². The van der Waals surface area contributed by atoms with Crippen molar-refractivity contribution in [1.29, 1.82) is 0 Å². The minimum Gasteiger partial charge on any atom is -0.269 e. The largest absolute Gasteiger partial charge is 0.269 e. The van der Waals surface area contributed by atoms with Crippen LogP contribution in [0.4, 0.5) is 0 Å². The molecule has 1 atom stereocenters. The van der Waals surface area contributed by atoms with Crippen molar-refractivity contribution >= 4 is 16.1 Å². The zero-order valence-corrected chi connectivity index (χ0v) is 9.11. The monoisotopic (exact) mass is 221 g/mol. The second-order valence-electron chi connectivity index (χ2n) is 3.38. The number of rotatable bonds is 2. The maximum Gasteiger partial charge on any atom is 0.205 e. The number of sulfone groups is 1. The molecule has 1 aromatic carbocycles. The summed E-state index contributed by atoms with van der Waals surface area (Å²) >= 11 is 0. The average Bonchev–Trinajstić information content (AvgIpc) is 2.71. The third-order valence-corrected chi connectivity index (χ3v) is 4.30. The van der Waals surface area contributed by atoms with Crippen LogP contribution >= 0.6 is 0 Å². The van der Waals surface area contributed by atoms with Gasteiger partial charge in [-0.05, 0) is 30.7 Å². The Morgan fingerprint density at radius 3 is 2.60 bits per heavy atom. The standard InChI is InChI=1S/C11H11NO2S/c1-9-5-2-3-6-10(9)15(13,14)11-7-4-8-12-11/h2-8,11H,1H3. The van der Waals surface area contributed by atoms with Crippen molar-refractivity contribution in [1.82, 2.24) is 0 Å². The summed E-state index contributed by atoms with van der Waals surface area (Å²) in [6.45, 7) is 1.79. The summed E-state index contributed by atoms with van der Waals surface area (Å²) in [4.78, 5) is 4.26. The molecule has 0 amide bonds. The van der Waals surface area contributed by atoms with Gasteiger partial charge in [-0.15, -0.1) is 0 Å². The van der Waals surface area contributed by atoms with E-state index in [1.165, 1.54) is 6.21 Å². The summed E-state index contributed by atoms with van der Waals surface area (Å²) < 4.78 is 24.2. The van der Waals surface area contributed by atoms with Crippen molar-refractivity contribution in [3.05, 3.63) is 42.0 Å². The number of hydrogen-bond acceptors (Lipinski definition) is 3. The first-order valence-corrected chi connectivity index (χ1v) is 6.16. The molecule has 0 spiro atoms. The van der Waals surface area contributed by atoms with Crippen molar-refractivity contribution in [3.8, 4) is 0 Å². The lowest BCUT2D eigenvalue weighted by Gasteiger charge is -2.09. The molecule has 15 heavy (non-hydrogen) atoms.